The van der Waals surface area contributed by atoms with Crippen molar-refractivity contribution >= 4 is 29.3 Å². The molecule has 8 heteroatoms. The number of rotatable bonds is 2. The topological polar surface area (TPSA) is 64.6 Å². The third-order valence-corrected chi connectivity index (χ3v) is 3.59. The molecule has 1 saturated heterocycles. The third-order valence-electron chi connectivity index (χ3n) is 3.14. The fourth-order valence-electron chi connectivity index (χ4n) is 2.24. The first-order chi connectivity index (χ1) is 10.2. The van der Waals surface area contributed by atoms with Crippen LogP contribution >= 0.6 is 23.2 Å². The number of amides is 1. The van der Waals surface area contributed by atoms with Crippen LogP contribution in [0.15, 0.2) is 6.07 Å². The van der Waals surface area contributed by atoms with Gasteiger partial charge in [-0.2, -0.15) is 0 Å². The molecule has 2 rings (SSSR count). The minimum absolute atomic E-state index is 0.0175. The van der Waals surface area contributed by atoms with Crippen LogP contribution < -0.4 is 4.74 Å². The number of halogens is 2. The van der Waals surface area contributed by atoms with Crippen LogP contribution in [0.3, 0.4) is 0 Å². The Morgan fingerprint density at radius 2 is 2.05 bits per heavy atom. The Kier molecular flexibility index (Phi) is 5.02. The third kappa shape index (κ3) is 4.36. The second-order valence-electron chi connectivity index (χ2n) is 6.28. The summed E-state index contributed by atoms with van der Waals surface area (Å²) in [4.78, 5) is 13.8. The van der Waals surface area contributed by atoms with Crippen molar-refractivity contribution in [1.82, 2.24) is 15.1 Å². The van der Waals surface area contributed by atoms with Crippen molar-refractivity contribution in [3.05, 3.63) is 16.4 Å². The number of likely N-dealkylation sites (tertiary alicyclic amines) is 1. The van der Waals surface area contributed by atoms with Crippen molar-refractivity contribution in [2.45, 2.75) is 51.9 Å². The van der Waals surface area contributed by atoms with Crippen molar-refractivity contribution in [3.8, 4) is 5.75 Å². The van der Waals surface area contributed by atoms with E-state index in [1.54, 1.807) is 4.90 Å². The minimum atomic E-state index is -0.526. The fraction of sp³-hybridized carbons (Fsp3) is 0.643. The van der Waals surface area contributed by atoms with Gasteiger partial charge in [0.25, 0.3) is 0 Å². The first-order valence-corrected chi connectivity index (χ1v) is 7.76. The van der Waals surface area contributed by atoms with Gasteiger partial charge in [0.15, 0.2) is 16.1 Å². The Labute approximate surface area is 139 Å². The van der Waals surface area contributed by atoms with Crippen LogP contribution in [-0.2, 0) is 4.74 Å². The first-order valence-electron chi connectivity index (χ1n) is 7.00. The number of ether oxygens (including phenoxy) is 2. The number of carbonyl (C=O) groups excluding carboxylic acids is 1. The Bertz CT molecular complexity index is 563. The maximum Gasteiger partial charge on any atom is 0.410 e. The lowest BCUT2D eigenvalue weighted by Crippen LogP contribution is -2.39. The lowest BCUT2D eigenvalue weighted by Gasteiger charge is -2.26. The van der Waals surface area contributed by atoms with Crippen LogP contribution in [0, 0.1) is 0 Å². The lowest BCUT2D eigenvalue weighted by atomic mass is 10.2. The van der Waals surface area contributed by atoms with Crippen LogP contribution in [0.25, 0.3) is 0 Å². The van der Waals surface area contributed by atoms with E-state index >= 15 is 0 Å². The van der Waals surface area contributed by atoms with E-state index < -0.39 is 5.60 Å². The van der Waals surface area contributed by atoms with E-state index in [1.165, 1.54) is 6.07 Å². The summed E-state index contributed by atoms with van der Waals surface area (Å²) in [5, 5.41) is 7.68. The summed E-state index contributed by atoms with van der Waals surface area (Å²) in [7, 11) is 0. The zero-order valence-corrected chi connectivity index (χ0v) is 14.5. The van der Waals surface area contributed by atoms with Gasteiger partial charge in [-0.05, 0) is 27.7 Å². The molecule has 22 heavy (non-hydrogen) atoms. The van der Waals surface area contributed by atoms with Crippen LogP contribution in [-0.4, -0.2) is 45.5 Å². The molecule has 1 aromatic heterocycles. The van der Waals surface area contributed by atoms with E-state index in [4.69, 9.17) is 32.7 Å². The lowest BCUT2D eigenvalue weighted by molar-refractivity contribution is 0.0224. The van der Waals surface area contributed by atoms with Gasteiger partial charge in [-0.1, -0.05) is 23.2 Å². The van der Waals surface area contributed by atoms with Gasteiger partial charge in [0, 0.05) is 18.5 Å². The predicted molar refractivity (Wildman–Crippen MR) is 83.5 cm³/mol. The smallest absolute Gasteiger partial charge is 0.410 e. The number of hydrogen-bond acceptors (Lipinski definition) is 5. The highest BCUT2D eigenvalue weighted by Gasteiger charge is 2.36. The van der Waals surface area contributed by atoms with E-state index in [0.717, 1.165) is 0 Å². The molecular weight excluding hydrogens is 329 g/mol. The van der Waals surface area contributed by atoms with E-state index in [9.17, 15) is 4.79 Å². The first kappa shape index (κ1) is 17.1. The Hall–Kier alpha value is -1.27. The van der Waals surface area contributed by atoms with Crippen molar-refractivity contribution in [2.24, 2.45) is 0 Å². The van der Waals surface area contributed by atoms with Gasteiger partial charge in [0.05, 0.1) is 6.54 Å². The van der Waals surface area contributed by atoms with E-state index in [2.05, 4.69) is 10.2 Å². The molecule has 0 radical (unpaired) electrons. The van der Waals surface area contributed by atoms with Crippen LogP contribution in [0.5, 0.6) is 5.75 Å². The molecule has 0 aromatic carbocycles. The standard InChI is InChI=1S/C14H19Cl2N3O3/c1-8-5-9(7-19(8)13(20)22-14(2,3)4)21-10-6-11(15)17-18-12(10)16/h6,8-9H,5,7H2,1-4H3/t8-,9+/m0/s1. The molecule has 2 atom stereocenters. The van der Waals surface area contributed by atoms with Gasteiger partial charge < -0.3 is 14.4 Å². The monoisotopic (exact) mass is 347 g/mol. The molecule has 1 aliphatic rings. The van der Waals surface area contributed by atoms with Gasteiger partial charge in [-0.25, -0.2) is 4.79 Å². The van der Waals surface area contributed by atoms with E-state index in [1.807, 2.05) is 27.7 Å². The Morgan fingerprint density at radius 3 is 2.68 bits per heavy atom. The second-order valence-corrected chi connectivity index (χ2v) is 7.02. The predicted octanol–water partition coefficient (Wildman–Crippen LogP) is 3.56. The summed E-state index contributed by atoms with van der Waals surface area (Å²) in [6.07, 6.45) is 0.138. The molecule has 1 aliphatic heterocycles. The van der Waals surface area contributed by atoms with Gasteiger partial charge in [0.2, 0.25) is 0 Å². The Morgan fingerprint density at radius 1 is 1.36 bits per heavy atom. The molecule has 1 aromatic rings. The maximum atomic E-state index is 12.2. The van der Waals surface area contributed by atoms with Gasteiger partial charge in [0.1, 0.15) is 11.7 Å². The zero-order chi connectivity index (χ0) is 16.5. The summed E-state index contributed by atoms with van der Waals surface area (Å²) in [5.41, 5.74) is -0.526. The molecule has 0 aliphatic carbocycles. The molecule has 0 unspecified atom stereocenters. The molecule has 6 nitrogen and oxygen atoms in total. The van der Waals surface area contributed by atoms with Crippen LogP contribution in [0.2, 0.25) is 10.3 Å². The molecule has 122 valence electrons. The number of nitrogens with zero attached hydrogens (tertiary/aromatic N) is 3. The second kappa shape index (κ2) is 6.46. The molecule has 0 bridgehead atoms. The number of carbonyl (C=O) groups is 1. The quantitative estimate of drug-likeness (QED) is 0.818. The highest BCUT2D eigenvalue weighted by molar-refractivity contribution is 6.32. The minimum Gasteiger partial charge on any atom is -0.485 e. The van der Waals surface area contributed by atoms with Crippen molar-refractivity contribution in [1.29, 1.82) is 0 Å². The highest BCUT2D eigenvalue weighted by atomic mass is 35.5. The molecule has 1 fully saturated rings. The van der Waals surface area contributed by atoms with Gasteiger partial charge in [-0.3, -0.25) is 0 Å². The highest BCUT2D eigenvalue weighted by Crippen LogP contribution is 2.29. The summed E-state index contributed by atoms with van der Waals surface area (Å²) in [6, 6.07) is 1.53. The van der Waals surface area contributed by atoms with Gasteiger partial charge in [-0.15, -0.1) is 10.2 Å². The van der Waals surface area contributed by atoms with Crippen LogP contribution in [0.4, 0.5) is 4.79 Å². The summed E-state index contributed by atoms with van der Waals surface area (Å²) < 4.78 is 11.2. The summed E-state index contributed by atoms with van der Waals surface area (Å²) in [6.45, 7) is 7.89. The van der Waals surface area contributed by atoms with Gasteiger partial charge >= 0.3 is 6.09 Å². The molecule has 1 amide bonds. The molecule has 2 heterocycles. The number of aromatic nitrogens is 2. The van der Waals surface area contributed by atoms with Crippen LogP contribution in [0.1, 0.15) is 34.1 Å². The fourth-order valence-corrected chi connectivity index (χ4v) is 2.52. The summed E-state index contributed by atoms with van der Waals surface area (Å²) >= 11 is 11.7. The summed E-state index contributed by atoms with van der Waals surface area (Å²) in [5.74, 6) is 0.366. The molecule has 0 N–H and O–H groups in total. The molecular formula is C14H19Cl2N3O3. The molecule has 0 spiro atoms. The van der Waals surface area contributed by atoms with E-state index in [0.29, 0.717) is 18.7 Å². The number of hydrogen-bond donors (Lipinski definition) is 0. The van der Waals surface area contributed by atoms with E-state index in [-0.39, 0.29) is 28.5 Å². The van der Waals surface area contributed by atoms with Crippen molar-refractivity contribution in [3.63, 3.8) is 0 Å². The van der Waals surface area contributed by atoms with Crippen molar-refractivity contribution in [2.75, 3.05) is 6.54 Å². The average Bonchev–Trinajstić information content (AvgIpc) is 2.73. The zero-order valence-electron chi connectivity index (χ0n) is 13.0. The average molecular weight is 348 g/mol. The Balaban J connectivity index is 2.01. The maximum absolute atomic E-state index is 12.2. The van der Waals surface area contributed by atoms with Crippen molar-refractivity contribution < 1.29 is 14.3 Å². The largest absolute Gasteiger partial charge is 0.485 e. The SMILES string of the molecule is C[C@H]1C[C@@H](Oc2cc(Cl)nnc2Cl)CN1C(=O)OC(C)(C)C. The molecule has 0 saturated carbocycles. The normalized spacial score (nSPS) is 21.8.